The lowest BCUT2D eigenvalue weighted by Crippen LogP contribution is -2.48. The lowest BCUT2D eigenvalue weighted by Gasteiger charge is -2.21. The molecule has 3 aromatic rings. The van der Waals surface area contributed by atoms with Gasteiger partial charge in [-0.15, -0.1) is 10.2 Å². The molecule has 7 nitrogen and oxygen atoms in total. The second kappa shape index (κ2) is 9.09. The van der Waals surface area contributed by atoms with Crippen LogP contribution in [-0.4, -0.2) is 28.2 Å². The van der Waals surface area contributed by atoms with Gasteiger partial charge in [-0.1, -0.05) is 73.7 Å². The molecule has 1 aromatic heterocycles. The third-order valence-electron chi connectivity index (χ3n) is 3.94. The summed E-state index contributed by atoms with van der Waals surface area (Å²) < 4.78 is 0. The maximum atomic E-state index is 12.7. The van der Waals surface area contributed by atoms with Crippen molar-refractivity contribution < 1.29 is 9.59 Å². The van der Waals surface area contributed by atoms with Crippen LogP contribution in [0.15, 0.2) is 60.7 Å². The number of anilines is 2. The molecule has 2 aromatic carbocycles. The number of amides is 3. The predicted molar refractivity (Wildman–Crippen MR) is 111 cm³/mol. The number of carbonyl (C=O) groups excluding carboxylic acids is 2. The van der Waals surface area contributed by atoms with E-state index in [1.165, 1.54) is 11.3 Å². The summed E-state index contributed by atoms with van der Waals surface area (Å²) >= 11 is 1.28. The second-order valence-electron chi connectivity index (χ2n) is 6.45. The van der Waals surface area contributed by atoms with Gasteiger partial charge in [0.05, 0.1) is 0 Å². The van der Waals surface area contributed by atoms with Gasteiger partial charge < -0.3 is 10.6 Å². The summed E-state index contributed by atoms with van der Waals surface area (Å²) in [7, 11) is 0. The monoisotopic (exact) mass is 395 g/mol. The Labute approximate surface area is 167 Å². The number of carbonyl (C=O) groups is 2. The molecular formula is C20H21N5O2S. The van der Waals surface area contributed by atoms with E-state index < -0.39 is 12.1 Å². The van der Waals surface area contributed by atoms with Crippen LogP contribution in [0, 0.1) is 5.92 Å². The van der Waals surface area contributed by atoms with Crippen molar-refractivity contribution in [3.63, 3.8) is 0 Å². The van der Waals surface area contributed by atoms with Crippen LogP contribution in [0.2, 0.25) is 0 Å². The summed E-state index contributed by atoms with van der Waals surface area (Å²) in [6, 6.07) is 17.5. The summed E-state index contributed by atoms with van der Waals surface area (Å²) in [5.74, 6) is -0.447. The summed E-state index contributed by atoms with van der Waals surface area (Å²) in [5.41, 5.74) is 1.58. The topological polar surface area (TPSA) is 96.0 Å². The Morgan fingerprint density at radius 3 is 2.18 bits per heavy atom. The molecule has 3 amide bonds. The Hall–Kier alpha value is -3.26. The minimum absolute atomic E-state index is 0.108. The van der Waals surface area contributed by atoms with Gasteiger partial charge in [0, 0.05) is 11.3 Å². The number of nitrogens with one attached hydrogen (secondary N) is 3. The molecule has 0 saturated carbocycles. The Bertz CT molecular complexity index is 928. The van der Waals surface area contributed by atoms with E-state index in [-0.39, 0.29) is 11.8 Å². The maximum Gasteiger partial charge on any atom is 0.319 e. The first-order chi connectivity index (χ1) is 13.5. The zero-order valence-electron chi connectivity index (χ0n) is 15.5. The molecule has 0 aliphatic heterocycles. The fraction of sp³-hybridized carbons (Fsp3) is 0.200. The third-order valence-corrected chi connectivity index (χ3v) is 4.83. The Morgan fingerprint density at radius 2 is 1.54 bits per heavy atom. The molecule has 3 rings (SSSR count). The fourth-order valence-electron chi connectivity index (χ4n) is 2.52. The molecule has 1 unspecified atom stereocenters. The number of urea groups is 1. The van der Waals surface area contributed by atoms with Crippen molar-refractivity contribution in [2.45, 2.75) is 19.9 Å². The average Bonchev–Trinajstić information content (AvgIpc) is 3.16. The normalized spacial score (nSPS) is 11.7. The summed E-state index contributed by atoms with van der Waals surface area (Å²) in [5, 5.41) is 17.4. The van der Waals surface area contributed by atoms with Crippen LogP contribution in [0.25, 0.3) is 10.6 Å². The molecule has 1 heterocycles. The molecule has 0 spiro atoms. The van der Waals surface area contributed by atoms with Gasteiger partial charge in [-0.05, 0) is 18.1 Å². The first kappa shape index (κ1) is 19.5. The smallest absolute Gasteiger partial charge is 0.319 e. The number of aromatic nitrogens is 2. The standard InChI is InChI=1S/C20H21N5O2S/c1-13(2)16(22-19(27)21-15-11-7-4-8-12-15)17(26)23-20-25-24-18(28-20)14-9-5-3-6-10-14/h3-13,16H,1-2H3,(H2,21,22,27)(H,23,25,26). The maximum absolute atomic E-state index is 12.7. The van der Waals surface area contributed by atoms with E-state index in [2.05, 4.69) is 26.1 Å². The lowest BCUT2D eigenvalue weighted by molar-refractivity contribution is -0.118. The van der Waals surface area contributed by atoms with Crippen LogP contribution in [0.4, 0.5) is 15.6 Å². The van der Waals surface area contributed by atoms with Crippen LogP contribution >= 0.6 is 11.3 Å². The third kappa shape index (κ3) is 5.14. The highest BCUT2D eigenvalue weighted by Gasteiger charge is 2.25. The van der Waals surface area contributed by atoms with Gasteiger partial charge in [0.1, 0.15) is 11.0 Å². The van der Waals surface area contributed by atoms with Gasteiger partial charge in [0.25, 0.3) is 0 Å². The molecule has 1 atom stereocenters. The van der Waals surface area contributed by atoms with E-state index >= 15 is 0 Å². The number of hydrogen-bond donors (Lipinski definition) is 3. The molecule has 28 heavy (non-hydrogen) atoms. The largest absolute Gasteiger partial charge is 0.326 e. The van der Waals surface area contributed by atoms with E-state index in [0.29, 0.717) is 15.8 Å². The average molecular weight is 395 g/mol. The molecule has 0 aliphatic carbocycles. The summed E-state index contributed by atoms with van der Waals surface area (Å²) in [6.45, 7) is 3.73. The number of rotatable bonds is 6. The summed E-state index contributed by atoms with van der Waals surface area (Å²) in [4.78, 5) is 24.9. The zero-order valence-corrected chi connectivity index (χ0v) is 16.4. The molecule has 0 saturated heterocycles. The Morgan fingerprint density at radius 1 is 0.893 bits per heavy atom. The minimum Gasteiger partial charge on any atom is -0.326 e. The van der Waals surface area contributed by atoms with Gasteiger partial charge in [0.2, 0.25) is 11.0 Å². The Balaban J connectivity index is 1.63. The highest BCUT2D eigenvalue weighted by atomic mass is 32.1. The van der Waals surface area contributed by atoms with Gasteiger partial charge in [-0.2, -0.15) is 0 Å². The molecule has 8 heteroatoms. The highest BCUT2D eigenvalue weighted by Crippen LogP contribution is 2.26. The molecular weight excluding hydrogens is 374 g/mol. The van der Waals surface area contributed by atoms with Crippen molar-refractivity contribution in [3.05, 3.63) is 60.7 Å². The number of benzene rings is 2. The van der Waals surface area contributed by atoms with E-state index in [4.69, 9.17) is 0 Å². The second-order valence-corrected chi connectivity index (χ2v) is 7.43. The quantitative estimate of drug-likeness (QED) is 0.588. The van der Waals surface area contributed by atoms with Crippen molar-refractivity contribution in [1.82, 2.24) is 15.5 Å². The molecule has 144 valence electrons. The van der Waals surface area contributed by atoms with Crippen molar-refractivity contribution in [2.75, 3.05) is 10.6 Å². The molecule has 3 N–H and O–H groups in total. The van der Waals surface area contributed by atoms with Crippen LogP contribution in [0.3, 0.4) is 0 Å². The van der Waals surface area contributed by atoms with Gasteiger partial charge in [0.15, 0.2) is 0 Å². The molecule has 0 bridgehead atoms. The molecule has 0 fully saturated rings. The minimum atomic E-state index is -0.715. The Kier molecular flexibility index (Phi) is 6.33. The first-order valence-electron chi connectivity index (χ1n) is 8.85. The van der Waals surface area contributed by atoms with E-state index in [1.54, 1.807) is 12.1 Å². The van der Waals surface area contributed by atoms with E-state index in [0.717, 1.165) is 5.56 Å². The van der Waals surface area contributed by atoms with Gasteiger partial charge >= 0.3 is 6.03 Å². The van der Waals surface area contributed by atoms with Crippen molar-refractivity contribution in [2.24, 2.45) is 5.92 Å². The van der Waals surface area contributed by atoms with E-state index in [1.807, 2.05) is 62.4 Å². The van der Waals surface area contributed by atoms with Crippen LogP contribution in [0.5, 0.6) is 0 Å². The van der Waals surface area contributed by atoms with Crippen LogP contribution in [-0.2, 0) is 4.79 Å². The van der Waals surface area contributed by atoms with Gasteiger partial charge in [-0.3, -0.25) is 10.1 Å². The number of hydrogen-bond acceptors (Lipinski definition) is 5. The summed E-state index contributed by atoms with van der Waals surface area (Å²) in [6.07, 6.45) is 0. The highest BCUT2D eigenvalue weighted by molar-refractivity contribution is 7.18. The zero-order chi connectivity index (χ0) is 19.9. The first-order valence-corrected chi connectivity index (χ1v) is 9.67. The van der Waals surface area contributed by atoms with Gasteiger partial charge in [-0.25, -0.2) is 4.79 Å². The number of para-hydroxylation sites is 1. The SMILES string of the molecule is CC(C)C(NC(=O)Nc1ccccc1)C(=O)Nc1nnc(-c2ccccc2)s1. The van der Waals surface area contributed by atoms with Crippen molar-refractivity contribution in [1.29, 1.82) is 0 Å². The van der Waals surface area contributed by atoms with Crippen LogP contribution in [0.1, 0.15) is 13.8 Å². The fourth-order valence-corrected chi connectivity index (χ4v) is 3.27. The predicted octanol–water partition coefficient (Wildman–Crippen LogP) is 3.99. The number of nitrogens with zero attached hydrogens (tertiary/aromatic N) is 2. The molecule has 0 aliphatic rings. The van der Waals surface area contributed by atoms with Crippen LogP contribution < -0.4 is 16.0 Å². The lowest BCUT2D eigenvalue weighted by atomic mass is 10.0. The molecule has 0 radical (unpaired) electrons. The van der Waals surface area contributed by atoms with Crippen molar-refractivity contribution in [3.8, 4) is 10.6 Å². The van der Waals surface area contributed by atoms with Crippen molar-refractivity contribution >= 4 is 34.1 Å². The van der Waals surface area contributed by atoms with E-state index in [9.17, 15) is 9.59 Å².